The van der Waals surface area contributed by atoms with Crippen LogP contribution >= 0.6 is 0 Å². The summed E-state index contributed by atoms with van der Waals surface area (Å²) in [6.07, 6.45) is 14.2. The Labute approximate surface area is 145 Å². The Balaban J connectivity index is 1.90. The lowest BCUT2D eigenvalue weighted by Gasteiger charge is -2.36. The first-order valence-corrected chi connectivity index (χ1v) is 10.0. The van der Waals surface area contributed by atoms with Crippen molar-refractivity contribution in [1.29, 1.82) is 0 Å². The summed E-state index contributed by atoms with van der Waals surface area (Å²) in [5, 5.41) is 3.53. The molecule has 0 aromatic heterocycles. The van der Waals surface area contributed by atoms with E-state index in [2.05, 4.69) is 41.0 Å². The van der Waals surface area contributed by atoms with Gasteiger partial charge in [-0.05, 0) is 20.5 Å². The molecule has 1 N–H and O–H groups in total. The van der Waals surface area contributed by atoms with E-state index in [1.807, 2.05) is 0 Å². The van der Waals surface area contributed by atoms with Crippen LogP contribution in [0.2, 0.25) is 0 Å². The minimum atomic E-state index is 1.04. The number of nitrogens with zero attached hydrogens (tertiary/aromatic N) is 3. The van der Waals surface area contributed by atoms with Crippen LogP contribution in [0, 0.1) is 0 Å². The van der Waals surface area contributed by atoms with Gasteiger partial charge in [0, 0.05) is 19.6 Å². The van der Waals surface area contributed by atoms with Crippen molar-refractivity contribution in [2.75, 3.05) is 53.7 Å². The maximum atomic E-state index is 3.53. The van der Waals surface area contributed by atoms with E-state index >= 15 is 0 Å². The molecule has 1 aliphatic rings. The number of hydrogen-bond acceptors (Lipinski definition) is 4. The lowest BCUT2D eigenvalue weighted by molar-refractivity contribution is 0.0598. The fourth-order valence-electron chi connectivity index (χ4n) is 3.21. The standard InChI is InChI=1S/C19H42N4/c1-4-5-6-7-8-9-10-11-12-13-14-22-17-20-18-23(19-22)16-15-21(2)3/h20H,4-19H2,1-3H3. The van der Waals surface area contributed by atoms with E-state index in [4.69, 9.17) is 0 Å². The Morgan fingerprint density at radius 3 is 1.83 bits per heavy atom. The molecule has 0 saturated carbocycles. The zero-order valence-corrected chi connectivity index (χ0v) is 16.2. The Kier molecular flexibility index (Phi) is 12.9. The monoisotopic (exact) mass is 326 g/mol. The molecule has 4 nitrogen and oxygen atoms in total. The highest BCUT2D eigenvalue weighted by Crippen LogP contribution is 2.11. The normalized spacial score (nSPS) is 17.2. The van der Waals surface area contributed by atoms with E-state index < -0.39 is 0 Å². The summed E-state index contributed by atoms with van der Waals surface area (Å²) in [5.41, 5.74) is 0. The molecular weight excluding hydrogens is 284 g/mol. The van der Waals surface area contributed by atoms with Crippen molar-refractivity contribution in [2.24, 2.45) is 0 Å². The molecule has 138 valence electrons. The third kappa shape index (κ3) is 11.9. The molecule has 0 radical (unpaired) electrons. The van der Waals surface area contributed by atoms with Crippen LogP contribution in [-0.4, -0.2) is 68.4 Å². The third-order valence-corrected chi connectivity index (χ3v) is 4.76. The third-order valence-electron chi connectivity index (χ3n) is 4.76. The van der Waals surface area contributed by atoms with E-state index in [1.54, 1.807) is 0 Å². The van der Waals surface area contributed by atoms with Gasteiger partial charge in [0.15, 0.2) is 0 Å². The fraction of sp³-hybridized carbons (Fsp3) is 1.00. The van der Waals surface area contributed by atoms with Crippen LogP contribution in [0.5, 0.6) is 0 Å². The first-order chi connectivity index (χ1) is 11.2. The highest BCUT2D eigenvalue weighted by atomic mass is 15.4. The molecule has 0 unspecified atom stereocenters. The second-order valence-corrected chi connectivity index (χ2v) is 7.48. The topological polar surface area (TPSA) is 21.8 Å². The van der Waals surface area contributed by atoms with Crippen LogP contribution in [0.1, 0.15) is 71.1 Å². The van der Waals surface area contributed by atoms with E-state index in [1.165, 1.54) is 70.8 Å². The van der Waals surface area contributed by atoms with Crippen LogP contribution in [0.3, 0.4) is 0 Å². The van der Waals surface area contributed by atoms with Crippen LogP contribution in [0.15, 0.2) is 0 Å². The summed E-state index contributed by atoms with van der Waals surface area (Å²) in [4.78, 5) is 7.34. The second kappa shape index (κ2) is 14.2. The maximum Gasteiger partial charge on any atom is 0.0530 e. The Morgan fingerprint density at radius 1 is 0.739 bits per heavy atom. The van der Waals surface area contributed by atoms with Gasteiger partial charge in [0.1, 0.15) is 0 Å². The smallest absolute Gasteiger partial charge is 0.0530 e. The number of nitrogens with one attached hydrogen (secondary N) is 1. The van der Waals surface area contributed by atoms with Crippen molar-refractivity contribution in [3.05, 3.63) is 0 Å². The van der Waals surface area contributed by atoms with Gasteiger partial charge in [-0.25, -0.2) is 0 Å². The lowest BCUT2D eigenvalue weighted by Crippen LogP contribution is -2.54. The van der Waals surface area contributed by atoms with Gasteiger partial charge in [0.2, 0.25) is 0 Å². The molecule has 4 heteroatoms. The van der Waals surface area contributed by atoms with Crippen molar-refractivity contribution in [1.82, 2.24) is 20.0 Å². The summed E-state index contributed by atoms with van der Waals surface area (Å²) < 4.78 is 0. The summed E-state index contributed by atoms with van der Waals surface area (Å²) in [6.45, 7) is 9.10. The molecule has 23 heavy (non-hydrogen) atoms. The second-order valence-electron chi connectivity index (χ2n) is 7.48. The largest absolute Gasteiger partial charge is 0.308 e. The van der Waals surface area contributed by atoms with Crippen molar-refractivity contribution in [3.8, 4) is 0 Å². The fourth-order valence-corrected chi connectivity index (χ4v) is 3.21. The van der Waals surface area contributed by atoms with Crippen molar-refractivity contribution in [2.45, 2.75) is 71.1 Å². The zero-order valence-electron chi connectivity index (χ0n) is 16.2. The van der Waals surface area contributed by atoms with Crippen LogP contribution < -0.4 is 5.32 Å². The Hall–Kier alpha value is -0.160. The molecule has 1 fully saturated rings. The average Bonchev–Trinajstić information content (AvgIpc) is 2.55. The summed E-state index contributed by atoms with van der Waals surface area (Å²) in [7, 11) is 4.30. The zero-order chi connectivity index (χ0) is 16.8. The molecule has 0 aromatic carbocycles. The Bertz CT molecular complexity index is 258. The highest BCUT2D eigenvalue weighted by molar-refractivity contribution is 4.66. The van der Waals surface area contributed by atoms with E-state index in [9.17, 15) is 0 Å². The minimum absolute atomic E-state index is 1.04. The SMILES string of the molecule is CCCCCCCCCCCCN1CNCN(CCN(C)C)C1. The van der Waals surface area contributed by atoms with Gasteiger partial charge >= 0.3 is 0 Å². The molecule has 0 aliphatic carbocycles. The van der Waals surface area contributed by atoms with Gasteiger partial charge < -0.3 is 4.90 Å². The van der Waals surface area contributed by atoms with Gasteiger partial charge in [0.25, 0.3) is 0 Å². The summed E-state index contributed by atoms with van der Waals surface area (Å²) in [5.74, 6) is 0. The van der Waals surface area contributed by atoms with Gasteiger partial charge in [-0.3, -0.25) is 15.1 Å². The summed E-state index contributed by atoms with van der Waals surface area (Å²) >= 11 is 0. The molecule has 0 bridgehead atoms. The number of likely N-dealkylation sites (N-methyl/N-ethyl adjacent to an activating group) is 1. The number of unbranched alkanes of at least 4 members (excludes halogenated alkanes) is 9. The van der Waals surface area contributed by atoms with Gasteiger partial charge in [-0.2, -0.15) is 0 Å². The molecule has 0 amide bonds. The quantitative estimate of drug-likeness (QED) is 0.493. The van der Waals surface area contributed by atoms with Crippen molar-refractivity contribution in [3.63, 3.8) is 0 Å². The predicted octanol–water partition coefficient (Wildman–Crippen LogP) is 3.55. The van der Waals surface area contributed by atoms with Crippen molar-refractivity contribution >= 4 is 0 Å². The molecule has 0 aromatic rings. The van der Waals surface area contributed by atoms with E-state index in [0.29, 0.717) is 0 Å². The molecule has 0 atom stereocenters. The lowest BCUT2D eigenvalue weighted by atomic mass is 10.1. The first-order valence-electron chi connectivity index (χ1n) is 10.0. The van der Waals surface area contributed by atoms with Gasteiger partial charge in [0.05, 0.1) is 20.0 Å². The van der Waals surface area contributed by atoms with Crippen molar-refractivity contribution < 1.29 is 0 Å². The predicted molar refractivity (Wildman–Crippen MR) is 102 cm³/mol. The highest BCUT2D eigenvalue weighted by Gasteiger charge is 2.15. The van der Waals surface area contributed by atoms with Gasteiger partial charge in [-0.1, -0.05) is 64.7 Å². The van der Waals surface area contributed by atoms with Gasteiger partial charge in [-0.15, -0.1) is 0 Å². The van der Waals surface area contributed by atoms with Crippen LogP contribution in [0.25, 0.3) is 0 Å². The van der Waals surface area contributed by atoms with E-state index in [0.717, 1.165) is 33.1 Å². The molecule has 1 aliphatic heterocycles. The summed E-state index contributed by atoms with van der Waals surface area (Å²) in [6, 6.07) is 0. The van der Waals surface area contributed by atoms with E-state index in [-0.39, 0.29) is 0 Å². The molecule has 0 spiro atoms. The molecular formula is C19H42N4. The molecule has 1 saturated heterocycles. The van der Waals surface area contributed by atoms with Crippen LogP contribution in [0.4, 0.5) is 0 Å². The molecule has 1 rings (SSSR count). The van der Waals surface area contributed by atoms with Crippen LogP contribution in [-0.2, 0) is 0 Å². The molecule has 1 heterocycles. The maximum absolute atomic E-state index is 3.53. The number of hydrogen-bond donors (Lipinski definition) is 1. The average molecular weight is 327 g/mol. The minimum Gasteiger partial charge on any atom is -0.308 e. The first kappa shape index (κ1) is 20.9. The Morgan fingerprint density at radius 2 is 1.26 bits per heavy atom. The number of rotatable bonds is 14.